The summed E-state index contributed by atoms with van der Waals surface area (Å²) < 4.78 is 0. The Morgan fingerprint density at radius 3 is 2.26 bits per heavy atom. The molecule has 0 radical (unpaired) electrons. The fourth-order valence-corrected chi connectivity index (χ4v) is 2.22. The molecule has 0 saturated heterocycles. The predicted octanol–water partition coefficient (Wildman–Crippen LogP) is 0.651. The van der Waals surface area contributed by atoms with Crippen LogP contribution in [0.4, 0.5) is 0 Å². The number of ketones is 3. The van der Waals surface area contributed by atoms with Crippen LogP contribution in [0.15, 0.2) is 5.16 Å². The Morgan fingerprint density at radius 1 is 1.26 bits per heavy atom. The standard InChI is InChI=1S/C13H17NO5/c1-6(2)4-9(14-19)10-12(17)7(3)11(16)8(5-15)13(10)18/h5-8,10,19H,4H2,1-3H3/b14-9+. The Morgan fingerprint density at radius 2 is 1.84 bits per heavy atom. The van der Waals surface area contributed by atoms with Crippen LogP contribution in [0.2, 0.25) is 0 Å². The lowest BCUT2D eigenvalue weighted by atomic mass is 9.70. The van der Waals surface area contributed by atoms with Crippen molar-refractivity contribution >= 4 is 29.3 Å². The molecule has 1 saturated carbocycles. The number of hydrogen-bond acceptors (Lipinski definition) is 6. The van der Waals surface area contributed by atoms with Crippen LogP contribution in [0, 0.1) is 23.7 Å². The first-order chi connectivity index (χ1) is 8.84. The van der Waals surface area contributed by atoms with Gasteiger partial charge in [0.15, 0.2) is 17.3 Å². The van der Waals surface area contributed by atoms with E-state index in [9.17, 15) is 19.2 Å². The maximum atomic E-state index is 12.0. The molecule has 19 heavy (non-hydrogen) atoms. The number of hydrogen-bond donors (Lipinski definition) is 1. The van der Waals surface area contributed by atoms with Gasteiger partial charge in [-0.2, -0.15) is 0 Å². The Balaban J connectivity index is 3.17. The van der Waals surface area contributed by atoms with E-state index in [-0.39, 0.29) is 24.3 Å². The molecular weight excluding hydrogens is 250 g/mol. The number of aldehydes is 1. The minimum atomic E-state index is -1.43. The van der Waals surface area contributed by atoms with Gasteiger partial charge in [-0.05, 0) is 19.3 Å². The Labute approximate surface area is 110 Å². The van der Waals surface area contributed by atoms with Gasteiger partial charge in [0.05, 0.1) is 11.6 Å². The SMILES string of the molecule is CC(C)C/C(=N\O)C1C(=O)C(C)C(=O)C(C=O)C1=O. The van der Waals surface area contributed by atoms with Gasteiger partial charge in [-0.1, -0.05) is 19.0 Å². The molecule has 0 aliphatic heterocycles. The molecule has 0 spiro atoms. The lowest BCUT2D eigenvalue weighted by molar-refractivity contribution is -0.148. The van der Waals surface area contributed by atoms with Crippen molar-refractivity contribution in [3.63, 3.8) is 0 Å². The molecule has 0 amide bonds. The number of Topliss-reactive ketones (excluding diaryl/α,β-unsaturated/α-hetero) is 3. The molecule has 0 aromatic rings. The van der Waals surface area contributed by atoms with Gasteiger partial charge in [-0.3, -0.25) is 14.4 Å². The third kappa shape index (κ3) is 2.77. The third-order valence-corrected chi connectivity index (χ3v) is 3.25. The second kappa shape index (κ2) is 5.86. The minimum absolute atomic E-state index is 0.0243. The summed E-state index contributed by atoms with van der Waals surface area (Å²) in [6, 6.07) is 0. The van der Waals surface area contributed by atoms with Crippen LogP contribution >= 0.6 is 0 Å². The highest BCUT2D eigenvalue weighted by Gasteiger charge is 2.49. The van der Waals surface area contributed by atoms with Crippen molar-refractivity contribution in [2.24, 2.45) is 28.8 Å². The molecule has 1 N–H and O–H groups in total. The summed E-state index contributed by atoms with van der Waals surface area (Å²) in [4.78, 5) is 46.6. The van der Waals surface area contributed by atoms with E-state index in [0.717, 1.165) is 0 Å². The lowest BCUT2D eigenvalue weighted by Crippen LogP contribution is -2.50. The van der Waals surface area contributed by atoms with E-state index in [2.05, 4.69) is 5.16 Å². The van der Waals surface area contributed by atoms with Crippen molar-refractivity contribution in [1.29, 1.82) is 0 Å². The predicted molar refractivity (Wildman–Crippen MR) is 65.9 cm³/mol. The molecule has 0 aromatic carbocycles. The Hall–Kier alpha value is -1.85. The van der Waals surface area contributed by atoms with E-state index in [1.54, 1.807) is 0 Å². The first-order valence-corrected chi connectivity index (χ1v) is 6.12. The summed E-state index contributed by atoms with van der Waals surface area (Å²) in [7, 11) is 0. The quantitative estimate of drug-likeness (QED) is 0.265. The van der Waals surface area contributed by atoms with Gasteiger partial charge >= 0.3 is 0 Å². The molecule has 1 aliphatic rings. The first-order valence-electron chi connectivity index (χ1n) is 6.12. The molecule has 1 rings (SSSR count). The summed E-state index contributed by atoms with van der Waals surface area (Å²) >= 11 is 0. The van der Waals surface area contributed by atoms with E-state index in [0.29, 0.717) is 0 Å². The monoisotopic (exact) mass is 267 g/mol. The molecule has 0 aromatic heterocycles. The van der Waals surface area contributed by atoms with Crippen LogP contribution in [0.3, 0.4) is 0 Å². The first kappa shape index (κ1) is 15.2. The fourth-order valence-electron chi connectivity index (χ4n) is 2.22. The molecule has 1 fully saturated rings. The summed E-state index contributed by atoms with van der Waals surface area (Å²) in [6.45, 7) is 5.05. The van der Waals surface area contributed by atoms with Gasteiger partial charge < -0.3 is 10.0 Å². The second-order valence-corrected chi connectivity index (χ2v) is 5.16. The summed E-state index contributed by atoms with van der Waals surface area (Å²) in [6.07, 6.45) is 0.510. The molecule has 1 aliphatic carbocycles. The zero-order chi connectivity index (χ0) is 14.7. The highest BCUT2D eigenvalue weighted by atomic mass is 16.4. The maximum absolute atomic E-state index is 12.0. The normalized spacial score (nSPS) is 28.9. The van der Waals surface area contributed by atoms with E-state index >= 15 is 0 Å². The number of carbonyl (C=O) groups excluding carboxylic acids is 4. The number of oxime groups is 1. The van der Waals surface area contributed by atoms with Crippen LogP contribution in [-0.2, 0) is 19.2 Å². The Bertz CT molecular complexity index is 452. The van der Waals surface area contributed by atoms with E-state index in [1.807, 2.05) is 13.8 Å². The minimum Gasteiger partial charge on any atom is -0.411 e. The van der Waals surface area contributed by atoms with E-state index < -0.39 is 35.1 Å². The summed E-state index contributed by atoms with van der Waals surface area (Å²) in [5.41, 5.74) is 0.0243. The number of nitrogens with zero attached hydrogens (tertiary/aromatic N) is 1. The molecule has 6 heteroatoms. The van der Waals surface area contributed by atoms with Crippen LogP contribution in [0.5, 0.6) is 0 Å². The topological polar surface area (TPSA) is 101 Å². The van der Waals surface area contributed by atoms with Crippen LogP contribution in [0.25, 0.3) is 0 Å². The molecular formula is C13H17NO5. The van der Waals surface area contributed by atoms with Gasteiger partial charge in [-0.15, -0.1) is 0 Å². The van der Waals surface area contributed by atoms with Gasteiger partial charge in [0.1, 0.15) is 18.1 Å². The fraction of sp³-hybridized carbons (Fsp3) is 0.615. The van der Waals surface area contributed by atoms with Gasteiger partial charge in [0.25, 0.3) is 0 Å². The van der Waals surface area contributed by atoms with E-state index in [1.165, 1.54) is 6.92 Å². The molecule has 6 nitrogen and oxygen atoms in total. The van der Waals surface area contributed by atoms with Crippen molar-refractivity contribution in [3.05, 3.63) is 0 Å². The molecule has 3 unspecified atom stereocenters. The summed E-state index contributed by atoms with van der Waals surface area (Å²) in [5, 5.41) is 12.0. The van der Waals surface area contributed by atoms with Crippen molar-refractivity contribution in [2.45, 2.75) is 27.2 Å². The largest absolute Gasteiger partial charge is 0.411 e. The smallest absolute Gasteiger partial charge is 0.166 e. The zero-order valence-electron chi connectivity index (χ0n) is 11.1. The van der Waals surface area contributed by atoms with Crippen LogP contribution < -0.4 is 0 Å². The molecule has 0 bridgehead atoms. The van der Waals surface area contributed by atoms with Gasteiger partial charge in [0, 0.05) is 0 Å². The van der Waals surface area contributed by atoms with E-state index in [4.69, 9.17) is 5.21 Å². The Kier molecular flexibility index (Phi) is 4.69. The third-order valence-electron chi connectivity index (χ3n) is 3.25. The zero-order valence-corrected chi connectivity index (χ0v) is 11.1. The average molecular weight is 267 g/mol. The highest BCUT2D eigenvalue weighted by Crippen LogP contribution is 2.26. The van der Waals surface area contributed by atoms with Crippen molar-refractivity contribution in [3.8, 4) is 0 Å². The van der Waals surface area contributed by atoms with Gasteiger partial charge in [-0.25, -0.2) is 0 Å². The number of carbonyl (C=O) groups is 4. The summed E-state index contributed by atoms with van der Waals surface area (Å²) in [5.74, 6) is -5.71. The van der Waals surface area contributed by atoms with Crippen LogP contribution in [0.1, 0.15) is 27.2 Å². The number of rotatable bonds is 4. The van der Waals surface area contributed by atoms with Crippen molar-refractivity contribution in [1.82, 2.24) is 0 Å². The molecule has 3 atom stereocenters. The van der Waals surface area contributed by atoms with Crippen LogP contribution in [-0.4, -0.2) is 34.6 Å². The lowest BCUT2D eigenvalue weighted by Gasteiger charge is -2.27. The molecule has 0 heterocycles. The van der Waals surface area contributed by atoms with Crippen molar-refractivity contribution in [2.75, 3.05) is 0 Å². The molecule has 104 valence electrons. The van der Waals surface area contributed by atoms with Crippen molar-refractivity contribution < 1.29 is 24.4 Å². The van der Waals surface area contributed by atoms with Gasteiger partial charge in [0.2, 0.25) is 0 Å². The highest BCUT2D eigenvalue weighted by molar-refractivity contribution is 6.36. The second-order valence-electron chi connectivity index (χ2n) is 5.16. The maximum Gasteiger partial charge on any atom is 0.166 e. The average Bonchev–Trinajstić information content (AvgIpc) is 2.35.